The van der Waals surface area contributed by atoms with Crippen molar-refractivity contribution in [1.82, 2.24) is 4.90 Å². The van der Waals surface area contributed by atoms with E-state index in [9.17, 15) is 19.5 Å². The van der Waals surface area contributed by atoms with Gasteiger partial charge in [-0.2, -0.15) is 0 Å². The van der Waals surface area contributed by atoms with E-state index in [0.717, 1.165) is 0 Å². The molecule has 2 atom stereocenters. The van der Waals surface area contributed by atoms with Gasteiger partial charge in [0.05, 0.1) is 21.5 Å². The fourth-order valence-electron chi connectivity index (χ4n) is 3.07. The zero-order chi connectivity index (χ0) is 18.8. The molecule has 1 saturated heterocycles. The highest BCUT2D eigenvalue weighted by atomic mass is 35.5. The maximum Gasteiger partial charge on any atom is 0.308 e. The number of nitrogens with one attached hydrogen (secondary N) is 1. The number of likely N-dealkylation sites (tertiary alicyclic amines) is 1. The molecule has 1 aliphatic rings. The zero-order valence-electron chi connectivity index (χ0n) is 13.9. The average molecular weight is 393 g/mol. The number of rotatable bonds is 4. The monoisotopic (exact) mass is 392 g/mol. The number of benzene rings is 1. The van der Waals surface area contributed by atoms with Crippen LogP contribution in [-0.2, 0) is 4.79 Å². The van der Waals surface area contributed by atoms with Gasteiger partial charge in [-0.15, -0.1) is 11.3 Å². The van der Waals surface area contributed by atoms with Crippen molar-refractivity contribution >= 4 is 46.4 Å². The van der Waals surface area contributed by atoms with Crippen molar-refractivity contribution in [3.8, 4) is 0 Å². The first-order chi connectivity index (χ1) is 12.4. The van der Waals surface area contributed by atoms with Crippen LogP contribution in [0.1, 0.15) is 33.4 Å². The summed E-state index contributed by atoms with van der Waals surface area (Å²) in [6.45, 7) is 2.12. The Morgan fingerprint density at radius 3 is 2.69 bits per heavy atom. The molecule has 0 spiro atoms. The van der Waals surface area contributed by atoms with E-state index in [-0.39, 0.29) is 17.9 Å². The summed E-state index contributed by atoms with van der Waals surface area (Å²) in [6.07, 6.45) is 0.428. The van der Waals surface area contributed by atoms with Gasteiger partial charge in [-0.25, -0.2) is 0 Å². The van der Waals surface area contributed by atoms with Gasteiger partial charge >= 0.3 is 5.97 Å². The maximum absolute atomic E-state index is 12.8. The fraction of sp³-hybridized carbons (Fsp3) is 0.278. The van der Waals surface area contributed by atoms with Crippen LogP contribution in [-0.4, -0.2) is 40.4 Å². The Balaban J connectivity index is 1.80. The van der Waals surface area contributed by atoms with Gasteiger partial charge in [0.15, 0.2) is 0 Å². The standard InChI is InChI=1S/C18H17ClN2O4S/c1-10-12(18(24)25)6-7-21(10)17(23)11-4-5-13(19)14(9-11)20-16(22)15-3-2-8-26-15/h2-5,8-10,12H,6-7H2,1H3,(H,20,22)(H,24,25). The van der Waals surface area contributed by atoms with Gasteiger partial charge in [0, 0.05) is 18.2 Å². The molecule has 2 unspecified atom stereocenters. The average Bonchev–Trinajstić information content (AvgIpc) is 3.25. The van der Waals surface area contributed by atoms with E-state index in [0.29, 0.717) is 34.1 Å². The highest BCUT2D eigenvalue weighted by Crippen LogP contribution is 2.29. The summed E-state index contributed by atoms with van der Waals surface area (Å²) >= 11 is 7.45. The number of carboxylic acids is 1. The van der Waals surface area contributed by atoms with Crippen molar-refractivity contribution < 1.29 is 19.5 Å². The van der Waals surface area contributed by atoms with Crippen LogP contribution in [0, 0.1) is 5.92 Å². The smallest absolute Gasteiger partial charge is 0.308 e. The third-order valence-corrected chi connectivity index (χ3v) is 5.74. The summed E-state index contributed by atoms with van der Waals surface area (Å²) in [4.78, 5) is 38.3. The molecule has 1 aliphatic heterocycles. The lowest BCUT2D eigenvalue weighted by Crippen LogP contribution is -2.37. The molecule has 2 amide bonds. The maximum atomic E-state index is 12.8. The minimum absolute atomic E-state index is 0.274. The van der Waals surface area contributed by atoms with Crippen molar-refractivity contribution in [3.63, 3.8) is 0 Å². The first kappa shape index (κ1) is 18.4. The summed E-state index contributed by atoms with van der Waals surface area (Å²) in [6, 6.07) is 7.73. The zero-order valence-corrected chi connectivity index (χ0v) is 15.5. The first-order valence-electron chi connectivity index (χ1n) is 8.06. The Labute approximate surface area is 159 Å². The van der Waals surface area contributed by atoms with Crippen molar-refractivity contribution in [2.45, 2.75) is 19.4 Å². The summed E-state index contributed by atoms with van der Waals surface area (Å²) < 4.78 is 0. The number of anilines is 1. The lowest BCUT2D eigenvalue weighted by atomic mass is 10.0. The van der Waals surface area contributed by atoms with Crippen LogP contribution in [0.2, 0.25) is 5.02 Å². The largest absolute Gasteiger partial charge is 0.481 e. The number of halogens is 1. The Morgan fingerprint density at radius 2 is 2.08 bits per heavy atom. The molecule has 6 nitrogen and oxygen atoms in total. The van der Waals surface area contributed by atoms with E-state index in [1.165, 1.54) is 17.4 Å². The lowest BCUT2D eigenvalue weighted by Gasteiger charge is -2.23. The second-order valence-corrected chi connectivity index (χ2v) is 7.45. The molecule has 0 bridgehead atoms. The summed E-state index contributed by atoms with van der Waals surface area (Å²) in [5, 5.41) is 14.1. The number of amides is 2. The van der Waals surface area contributed by atoms with Crippen molar-refractivity contribution in [3.05, 3.63) is 51.2 Å². The molecule has 8 heteroatoms. The molecule has 2 N–H and O–H groups in total. The predicted molar refractivity (Wildman–Crippen MR) is 100.0 cm³/mol. The number of carboxylic acid groups (broad SMARTS) is 1. The minimum Gasteiger partial charge on any atom is -0.481 e. The van der Waals surface area contributed by atoms with Gasteiger partial charge in [-0.3, -0.25) is 14.4 Å². The molecule has 1 fully saturated rings. The van der Waals surface area contributed by atoms with Crippen LogP contribution in [0.5, 0.6) is 0 Å². The van der Waals surface area contributed by atoms with Crippen molar-refractivity contribution in [2.24, 2.45) is 5.92 Å². The number of thiophene rings is 1. The molecular weight excluding hydrogens is 376 g/mol. The van der Waals surface area contributed by atoms with Gasteiger partial charge < -0.3 is 15.3 Å². The third kappa shape index (κ3) is 3.59. The highest BCUT2D eigenvalue weighted by molar-refractivity contribution is 7.12. The van der Waals surface area contributed by atoms with E-state index in [2.05, 4.69) is 5.32 Å². The molecule has 1 aromatic carbocycles. The van der Waals surface area contributed by atoms with Gasteiger partial charge in [0.1, 0.15) is 0 Å². The second-order valence-electron chi connectivity index (χ2n) is 6.10. The molecule has 2 heterocycles. The number of carbonyl (C=O) groups excluding carboxylic acids is 2. The van der Waals surface area contributed by atoms with Crippen LogP contribution in [0.15, 0.2) is 35.7 Å². The molecule has 2 aromatic rings. The van der Waals surface area contributed by atoms with E-state index in [1.54, 1.807) is 41.5 Å². The molecule has 3 rings (SSSR count). The lowest BCUT2D eigenvalue weighted by molar-refractivity contribution is -0.142. The summed E-state index contributed by atoms with van der Waals surface area (Å²) in [7, 11) is 0. The Bertz CT molecular complexity index is 853. The second kappa shape index (κ2) is 7.47. The quantitative estimate of drug-likeness (QED) is 0.832. The van der Waals surface area contributed by atoms with Gasteiger partial charge in [0.2, 0.25) is 0 Å². The number of carbonyl (C=O) groups is 3. The topological polar surface area (TPSA) is 86.7 Å². The molecular formula is C18H17ClN2O4S. The molecule has 0 saturated carbocycles. The van der Waals surface area contributed by atoms with Crippen molar-refractivity contribution in [1.29, 1.82) is 0 Å². The minimum atomic E-state index is -0.896. The molecule has 0 aliphatic carbocycles. The summed E-state index contributed by atoms with van der Waals surface area (Å²) in [5.74, 6) is -2.03. The van der Waals surface area contributed by atoms with E-state index in [4.69, 9.17) is 11.6 Å². The van der Waals surface area contributed by atoms with Gasteiger partial charge in [0.25, 0.3) is 11.8 Å². The Kier molecular flexibility index (Phi) is 5.29. The van der Waals surface area contributed by atoms with Gasteiger partial charge in [-0.1, -0.05) is 17.7 Å². The van der Waals surface area contributed by atoms with E-state index in [1.807, 2.05) is 0 Å². The van der Waals surface area contributed by atoms with E-state index >= 15 is 0 Å². The molecule has 26 heavy (non-hydrogen) atoms. The van der Waals surface area contributed by atoms with Crippen LogP contribution in [0.4, 0.5) is 5.69 Å². The highest BCUT2D eigenvalue weighted by Gasteiger charge is 2.38. The van der Waals surface area contributed by atoms with Crippen molar-refractivity contribution in [2.75, 3.05) is 11.9 Å². The number of hydrogen-bond donors (Lipinski definition) is 2. The number of nitrogens with zero attached hydrogens (tertiary/aromatic N) is 1. The molecule has 0 radical (unpaired) electrons. The molecule has 1 aromatic heterocycles. The Hall–Kier alpha value is -2.38. The summed E-state index contributed by atoms with van der Waals surface area (Å²) in [5.41, 5.74) is 0.700. The first-order valence-corrected chi connectivity index (χ1v) is 9.32. The van der Waals surface area contributed by atoms with E-state index < -0.39 is 11.9 Å². The number of hydrogen-bond acceptors (Lipinski definition) is 4. The van der Waals surface area contributed by atoms with Gasteiger partial charge in [-0.05, 0) is 43.0 Å². The van der Waals surface area contributed by atoms with Crippen LogP contribution in [0.3, 0.4) is 0 Å². The fourth-order valence-corrected chi connectivity index (χ4v) is 3.85. The van der Waals surface area contributed by atoms with Crippen LogP contribution >= 0.6 is 22.9 Å². The third-order valence-electron chi connectivity index (χ3n) is 4.54. The van der Waals surface area contributed by atoms with Crippen LogP contribution < -0.4 is 5.32 Å². The predicted octanol–water partition coefficient (Wildman–Crippen LogP) is 3.59. The molecule has 136 valence electrons. The number of aliphatic carboxylic acids is 1. The SMILES string of the molecule is CC1C(C(=O)O)CCN1C(=O)c1ccc(Cl)c(NC(=O)c2cccs2)c1. The van der Waals surface area contributed by atoms with Crippen LogP contribution in [0.25, 0.3) is 0 Å². The normalized spacial score (nSPS) is 19.4. The Morgan fingerprint density at radius 1 is 1.31 bits per heavy atom.